The number of aliphatic hydroxyl groups excluding tert-OH is 1. The molecule has 0 saturated heterocycles. The fourth-order valence-corrected chi connectivity index (χ4v) is 2.20. The average Bonchev–Trinajstić information content (AvgIpc) is 2.62. The zero-order valence-electron chi connectivity index (χ0n) is 11.8. The lowest BCUT2D eigenvalue weighted by molar-refractivity contribution is 0.0944. The molecule has 0 radical (unpaired) electrons. The van der Waals surface area contributed by atoms with Crippen LogP contribution in [-0.4, -0.2) is 28.7 Å². The maximum absolute atomic E-state index is 12.1. The van der Waals surface area contributed by atoms with Crippen LogP contribution in [0.15, 0.2) is 6.07 Å². The summed E-state index contributed by atoms with van der Waals surface area (Å²) < 4.78 is 2.13. The number of hydrogen-bond donors (Lipinski definition) is 2. The van der Waals surface area contributed by atoms with Gasteiger partial charge >= 0.3 is 0 Å². The Kier molecular flexibility index (Phi) is 5.41. The standard InChI is InChI=1S/C14H24N2O2/c1-5-16-11(3)8-13(12(16)4)14(18)15-9-10(2)6-7-17/h8,10,17H,5-7,9H2,1-4H3,(H,15,18). The summed E-state index contributed by atoms with van der Waals surface area (Å²) >= 11 is 0. The minimum Gasteiger partial charge on any atom is -0.396 e. The molecule has 0 aromatic carbocycles. The van der Waals surface area contributed by atoms with Crippen LogP contribution in [0.4, 0.5) is 0 Å². The molecule has 1 atom stereocenters. The van der Waals surface area contributed by atoms with E-state index in [9.17, 15) is 4.79 Å². The van der Waals surface area contributed by atoms with Crippen LogP contribution in [0.25, 0.3) is 0 Å². The van der Waals surface area contributed by atoms with E-state index in [0.29, 0.717) is 18.9 Å². The molecule has 1 amide bonds. The quantitative estimate of drug-likeness (QED) is 0.812. The Balaban J connectivity index is 2.67. The van der Waals surface area contributed by atoms with E-state index in [-0.39, 0.29) is 12.5 Å². The number of rotatable bonds is 6. The third-order valence-corrected chi connectivity index (χ3v) is 3.37. The zero-order chi connectivity index (χ0) is 13.7. The second-order valence-electron chi connectivity index (χ2n) is 4.86. The van der Waals surface area contributed by atoms with Crippen molar-refractivity contribution in [3.05, 3.63) is 23.0 Å². The van der Waals surface area contributed by atoms with Crippen molar-refractivity contribution < 1.29 is 9.90 Å². The molecule has 0 spiro atoms. The normalized spacial score (nSPS) is 12.5. The summed E-state index contributed by atoms with van der Waals surface area (Å²) in [5.41, 5.74) is 2.89. The minimum atomic E-state index is -0.0208. The molecule has 18 heavy (non-hydrogen) atoms. The molecular formula is C14H24N2O2. The van der Waals surface area contributed by atoms with Crippen molar-refractivity contribution in [2.45, 2.75) is 40.7 Å². The number of nitrogens with one attached hydrogen (secondary N) is 1. The Hall–Kier alpha value is -1.29. The highest BCUT2D eigenvalue weighted by Crippen LogP contribution is 2.14. The molecule has 2 N–H and O–H groups in total. The summed E-state index contributed by atoms with van der Waals surface area (Å²) in [4.78, 5) is 12.1. The summed E-state index contributed by atoms with van der Waals surface area (Å²) in [5.74, 6) is 0.279. The molecule has 102 valence electrons. The number of aromatic nitrogens is 1. The van der Waals surface area contributed by atoms with E-state index in [0.717, 1.165) is 23.5 Å². The number of hydrogen-bond acceptors (Lipinski definition) is 2. The van der Waals surface area contributed by atoms with Crippen molar-refractivity contribution in [3.8, 4) is 0 Å². The average molecular weight is 252 g/mol. The molecule has 1 aromatic heterocycles. The monoisotopic (exact) mass is 252 g/mol. The van der Waals surface area contributed by atoms with Crippen molar-refractivity contribution >= 4 is 5.91 Å². The van der Waals surface area contributed by atoms with Gasteiger partial charge in [-0.05, 0) is 39.2 Å². The number of carbonyl (C=O) groups excluding carboxylic acids is 1. The van der Waals surface area contributed by atoms with Gasteiger partial charge in [0, 0.05) is 31.1 Å². The summed E-state index contributed by atoms with van der Waals surface area (Å²) in [7, 11) is 0. The van der Waals surface area contributed by atoms with Gasteiger partial charge in [0.15, 0.2) is 0 Å². The molecule has 0 aliphatic rings. The number of carbonyl (C=O) groups is 1. The van der Waals surface area contributed by atoms with Crippen molar-refractivity contribution in [2.24, 2.45) is 5.92 Å². The molecule has 1 heterocycles. The van der Waals surface area contributed by atoms with Gasteiger partial charge in [-0.1, -0.05) is 6.92 Å². The molecule has 0 bridgehead atoms. The molecule has 0 aliphatic heterocycles. The highest BCUT2D eigenvalue weighted by molar-refractivity contribution is 5.95. The van der Waals surface area contributed by atoms with E-state index in [4.69, 9.17) is 5.11 Å². The molecule has 0 aliphatic carbocycles. The summed E-state index contributed by atoms with van der Waals surface area (Å²) in [6.45, 7) is 9.74. The van der Waals surface area contributed by atoms with Crippen LogP contribution in [0.5, 0.6) is 0 Å². The zero-order valence-corrected chi connectivity index (χ0v) is 11.8. The highest BCUT2D eigenvalue weighted by atomic mass is 16.3. The lowest BCUT2D eigenvalue weighted by Gasteiger charge is -2.11. The first-order valence-electron chi connectivity index (χ1n) is 6.57. The van der Waals surface area contributed by atoms with Gasteiger partial charge < -0.3 is 15.0 Å². The van der Waals surface area contributed by atoms with Crippen LogP contribution < -0.4 is 5.32 Å². The van der Waals surface area contributed by atoms with E-state index in [1.54, 1.807) is 0 Å². The third kappa shape index (κ3) is 3.35. The number of nitrogens with zero attached hydrogens (tertiary/aromatic N) is 1. The van der Waals surface area contributed by atoms with Crippen LogP contribution in [0.1, 0.15) is 42.0 Å². The first-order valence-corrected chi connectivity index (χ1v) is 6.57. The third-order valence-electron chi connectivity index (χ3n) is 3.37. The number of aliphatic hydroxyl groups is 1. The van der Waals surface area contributed by atoms with Crippen molar-refractivity contribution in [2.75, 3.05) is 13.2 Å². The van der Waals surface area contributed by atoms with E-state index in [1.807, 2.05) is 26.8 Å². The van der Waals surface area contributed by atoms with Crippen LogP contribution >= 0.6 is 0 Å². The van der Waals surface area contributed by atoms with Gasteiger partial charge in [0.25, 0.3) is 5.91 Å². The smallest absolute Gasteiger partial charge is 0.253 e. The van der Waals surface area contributed by atoms with Gasteiger partial charge in [0.05, 0.1) is 5.56 Å². The van der Waals surface area contributed by atoms with Crippen LogP contribution in [-0.2, 0) is 6.54 Å². The van der Waals surface area contributed by atoms with Crippen LogP contribution in [0, 0.1) is 19.8 Å². The fourth-order valence-electron chi connectivity index (χ4n) is 2.20. The maximum atomic E-state index is 12.1. The molecule has 1 aromatic rings. The van der Waals surface area contributed by atoms with Gasteiger partial charge in [-0.3, -0.25) is 4.79 Å². The topological polar surface area (TPSA) is 54.3 Å². The molecular weight excluding hydrogens is 228 g/mol. The Morgan fingerprint density at radius 3 is 2.67 bits per heavy atom. The molecule has 0 fully saturated rings. The summed E-state index contributed by atoms with van der Waals surface area (Å²) in [6.07, 6.45) is 0.717. The SMILES string of the molecule is CCn1c(C)cc(C(=O)NCC(C)CCO)c1C. The first kappa shape index (κ1) is 14.8. The van der Waals surface area contributed by atoms with Gasteiger partial charge in [-0.2, -0.15) is 0 Å². The second-order valence-corrected chi connectivity index (χ2v) is 4.86. The van der Waals surface area contributed by atoms with E-state index >= 15 is 0 Å². The van der Waals surface area contributed by atoms with Crippen molar-refractivity contribution in [3.63, 3.8) is 0 Å². The van der Waals surface area contributed by atoms with Gasteiger partial charge in [-0.25, -0.2) is 0 Å². The maximum Gasteiger partial charge on any atom is 0.253 e. The van der Waals surface area contributed by atoms with E-state index < -0.39 is 0 Å². The molecule has 0 saturated carbocycles. The second kappa shape index (κ2) is 6.59. The number of aryl methyl sites for hydroxylation is 1. The lowest BCUT2D eigenvalue weighted by Crippen LogP contribution is -2.29. The number of amides is 1. The Morgan fingerprint density at radius 1 is 1.50 bits per heavy atom. The Bertz CT molecular complexity index is 410. The highest BCUT2D eigenvalue weighted by Gasteiger charge is 2.15. The Morgan fingerprint density at radius 2 is 2.17 bits per heavy atom. The van der Waals surface area contributed by atoms with Gasteiger partial charge in [-0.15, -0.1) is 0 Å². The lowest BCUT2D eigenvalue weighted by atomic mass is 10.1. The van der Waals surface area contributed by atoms with E-state index in [1.165, 1.54) is 0 Å². The first-order chi connectivity index (χ1) is 8.51. The van der Waals surface area contributed by atoms with Crippen molar-refractivity contribution in [1.29, 1.82) is 0 Å². The summed E-state index contributed by atoms with van der Waals surface area (Å²) in [6, 6.07) is 1.94. The Labute approximate surface area is 109 Å². The molecule has 4 nitrogen and oxygen atoms in total. The van der Waals surface area contributed by atoms with Crippen molar-refractivity contribution in [1.82, 2.24) is 9.88 Å². The van der Waals surface area contributed by atoms with Crippen LogP contribution in [0.2, 0.25) is 0 Å². The van der Waals surface area contributed by atoms with Gasteiger partial charge in [0.2, 0.25) is 0 Å². The molecule has 1 unspecified atom stereocenters. The predicted molar refractivity (Wildman–Crippen MR) is 72.8 cm³/mol. The molecule has 4 heteroatoms. The fraction of sp³-hybridized carbons (Fsp3) is 0.643. The van der Waals surface area contributed by atoms with E-state index in [2.05, 4.69) is 16.8 Å². The summed E-state index contributed by atoms with van der Waals surface area (Å²) in [5, 5.41) is 11.7. The van der Waals surface area contributed by atoms with Crippen LogP contribution in [0.3, 0.4) is 0 Å². The minimum absolute atomic E-state index is 0.0208. The molecule has 1 rings (SSSR count). The van der Waals surface area contributed by atoms with Gasteiger partial charge in [0.1, 0.15) is 0 Å². The largest absolute Gasteiger partial charge is 0.396 e. The predicted octanol–water partition coefficient (Wildman–Crippen LogP) is 1.87.